The van der Waals surface area contributed by atoms with Crippen molar-refractivity contribution in [2.45, 2.75) is 72.1 Å². The lowest BCUT2D eigenvalue weighted by molar-refractivity contribution is -0.126. The van der Waals surface area contributed by atoms with E-state index in [4.69, 9.17) is 0 Å². The molecule has 0 spiro atoms. The van der Waals surface area contributed by atoms with Gasteiger partial charge in [0, 0.05) is 6.54 Å². The third-order valence-electron chi connectivity index (χ3n) is 3.61. The first-order valence-electron chi connectivity index (χ1n) is 7.82. The van der Waals surface area contributed by atoms with Gasteiger partial charge in [0.25, 0.3) is 0 Å². The van der Waals surface area contributed by atoms with Crippen LogP contribution in [0.4, 0.5) is 0 Å². The summed E-state index contributed by atoms with van der Waals surface area (Å²) in [7, 11) is 0. The van der Waals surface area contributed by atoms with E-state index in [1.54, 1.807) is 4.90 Å². The molecule has 0 aromatic carbocycles. The fourth-order valence-corrected chi connectivity index (χ4v) is 2.40. The van der Waals surface area contributed by atoms with Crippen LogP contribution in [0, 0.1) is 5.92 Å². The average Bonchev–Trinajstić information content (AvgIpc) is 2.39. The van der Waals surface area contributed by atoms with Gasteiger partial charge >= 0.3 is 0 Å². The van der Waals surface area contributed by atoms with Gasteiger partial charge in [0.2, 0.25) is 6.41 Å². The Kier molecular flexibility index (Phi) is 11.6. The van der Waals surface area contributed by atoms with Gasteiger partial charge in [-0.1, -0.05) is 58.8 Å². The topological polar surface area (TPSA) is 37.4 Å². The van der Waals surface area contributed by atoms with Gasteiger partial charge < -0.3 is 4.90 Å². The molecule has 19 heavy (non-hydrogen) atoms. The average molecular weight is 269 g/mol. The molecule has 0 N–H and O–H groups in total. The predicted octanol–water partition coefficient (Wildman–Crippen LogP) is 3.81. The van der Waals surface area contributed by atoms with E-state index in [9.17, 15) is 9.59 Å². The maximum atomic E-state index is 11.0. The Morgan fingerprint density at radius 3 is 2.26 bits per heavy atom. The van der Waals surface area contributed by atoms with E-state index in [-0.39, 0.29) is 12.3 Å². The number of Topliss-reactive ketones (excluding diaryl/α,β-unsaturated/α-hetero) is 1. The highest BCUT2D eigenvalue weighted by molar-refractivity contribution is 5.79. The van der Waals surface area contributed by atoms with Crippen molar-refractivity contribution in [3.63, 3.8) is 0 Å². The van der Waals surface area contributed by atoms with Crippen LogP contribution in [-0.4, -0.2) is 30.2 Å². The van der Waals surface area contributed by atoms with Crippen molar-refractivity contribution in [1.29, 1.82) is 0 Å². The fraction of sp³-hybridized carbons (Fsp3) is 0.875. The van der Waals surface area contributed by atoms with Crippen LogP contribution in [0.25, 0.3) is 0 Å². The number of unbranched alkanes of at least 4 members (excludes halogenated alkanes) is 5. The Bertz CT molecular complexity index is 241. The van der Waals surface area contributed by atoms with Crippen LogP contribution in [0.15, 0.2) is 0 Å². The maximum Gasteiger partial charge on any atom is 0.210 e. The van der Waals surface area contributed by atoms with Gasteiger partial charge in [-0.3, -0.25) is 9.59 Å². The Balaban J connectivity index is 3.80. The molecule has 1 unspecified atom stereocenters. The molecule has 1 atom stereocenters. The van der Waals surface area contributed by atoms with E-state index < -0.39 is 0 Å². The van der Waals surface area contributed by atoms with E-state index in [1.165, 1.54) is 51.9 Å². The van der Waals surface area contributed by atoms with Crippen molar-refractivity contribution in [2.24, 2.45) is 5.92 Å². The van der Waals surface area contributed by atoms with Gasteiger partial charge in [-0.25, -0.2) is 0 Å². The van der Waals surface area contributed by atoms with Crippen molar-refractivity contribution >= 4 is 12.2 Å². The highest BCUT2D eigenvalue weighted by atomic mass is 16.1. The first-order valence-corrected chi connectivity index (χ1v) is 7.82. The van der Waals surface area contributed by atoms with Crippen LogP contribution in [0.3, 0.4) is 0 Å². The second-order valence-corrected chi connectivity index (χ2v) is 5.57. The Morgan fingerprint density at radius 1 is 1.11 bits per heavy atom. The van der Waals surface area contributed by atoms with Crippen LogP contribution >= 0.6 is 0 Å². The minimum Gasteiger partial charge on any atom is -0.338 e. The Hall–Kier alpha value is -0.860. The van der Waals surface area contributed by atoms with Gasteiger partial charge in [0.1, 0.15) is 5.78 Å². The van der Waals surface area contributed by atoms with Gasteiger partial charge in [-0.05, 0) is 19.3 Å². The van der Waals surface area contributed by atoms with Crippen LogP contribution in [0.2, 0.25) is 0 Å². The Morgan fingerprint density at radius 2 is 1.74 bits per heavy atom. The molecular weight excluding hydrogens is 238 g/mol. The van der Waals surface area contributed by atoms with Crippen molar-refractivity contribution in [1.82, 2.24) is 4.90 Å². The summed E-state index contributed by atoms with van der Waals surface area (Å²) in [6, 6.07) is 0. The molecule has 1 amide bonds. The summed E-state index contributed by atoms with van der Waals surface area (Å²) in [5.74, 6) is 0.595. The molecule has 0 aliphatic rings. The highest BCUT2D eigenvalue weighted by Crippen LogP contribution is 2.16. The summed E-state index contributed by atoms with van der Waals surface area (Å²) in [5.41, 5.74) is 0. The lowest BCUT2D eigenvalue weighted by Crippen LogP contribution is -2.32. The minimum atomic E-state index is 0.0570. The maximum absolute atomic E-state index is 11.0. The molecule has 0 bridgehead atoms. The molecule has 0 saturated heterocycles. The van der Waals surface area contributed by atoms with Crippen LogP contribution in [-0.2, 0) is 9.59 Å². The predicted molar refractivity (Wildman–Crippen MR) is 80.1 cm³/mol. The van der Waals surface area contributed by atoms with Crippen molar-refractivity contribution in [3.8, 4) is 0 Å². The largest absolute Gasteiger partial charge is 0.338 e. The number of rotatable bonds is 13. The smallest absolute Gasteiger partial charge is 0.210 e. The monoisotopic (exact) mass is 269 g/mol. The molecule has 0 aliphatic carbocycles. The summed E-state index contributed by atoms with van der Waals surface area (Å²) in [5, 5.41) is 0. The number of carbonyl (C=O) groups excluding carboxylic acids is 2. The number of amides is 1. The number of nitrogens with zero attached hydrogens (tertiary/aromatic N) is 1. The lowest BCUT2D eigenvalue weighted by atomic mass is 9.97. The summed E-state index contributed by atoms with van der Waals surface area (Å²) < 4.78 is 0. The first-order chi connectivity index (χ1) is 9.13. The molecule has 112 valence electrons. The van der Waals surface area contributed by atoms with Crippen LogP contribution in [0.1, 0.15) is 72.1 Å². The van der Waals surface area contributed by atoms with E-state index in [2.05, 4.69) is 13.8 Å². The van der Waals surface area contributed by atoms with Crippen LogP contribution in [0.5, 0.6) is 0 Å². The van der Waals surface area contributed by atoms with Crippen molar-refractivity contribution in [3.05, 3.63) is 0 Å². The standard InChI is InChI=1S/C16H31NO2/c1-4-6-7-8-9-10-11-16(5-2)13-17(14-18)12-15(3)19/h14,16H,4-13H2,1-3H3. The minimum absolute atomic E-state index is 0.0570. The zero-order valence-electron chi connectivity index (χ0n) is 13.0. The lowest BCUT2D eigenvalue weighted by Gasteiger charge is -2.22. The number of hydrogen-bond acceptors (Lipinski definition) is 2. The quantitative estimate of drug-likeness (QED) is 0.376. The summed E-state index contributed by atoms with van der Waals surface area (Å²) >= 11 is 0. The number of ketones is 1. The van der Waals surface area contributed by atoms with E-state index >= 15 is 0 Å². The third-order valence-corrected chi connectivity index (χ3v) is 3.61. The molecule has 0 radical (unpaired) electrons. The molecule has 0 aromatic rings. The molecule has 3 heteroatoms. The molecule has 0 saturated carbocycles. The summed E-state index contributed by atoms with van der Waals surface area (Å²) in [6.07, 6.45) is 10.9. The van der Waals surface area contributed by atoms with E-state index in [1.807, 2.05) is 0 Å². The van der Waals surface area contributed by atoms with Gasteiger partial charge in [0.15, 0.2) is 0 Å². The second kappa shape index (κ2) is 12.2. The highest BCUT2D eigenvalue weighted by Gasteiger charge is 2.12. The normalized spacial score (nSPS) is 12.2. The molecule has 0 heterocycles. The van der Waals surface area contributed by atoms with Gasteiger partial charge in [0.05, 0.1) is 6.54 Å². The molecule has 0 rings (SSSR count). The fourth-order valence-electron chi connectivity index (χ4n) is 2.40. The zero-order valence-corrected chi connectivity index (χ0v) is 13.0. The number of carbonyl (C=O) groups is 2. The van der Waals surface area contributed by atoms with Crippen LogP contribution < -0.4 is 0 Å². The Labute approximate surface area is 118 Å². The van der Waals surface area contributed by atoms with E-state index in [0.717, 1.165) is 19.4 Å². The summed E-state index contributed by atoms with van der Waals surface area (Å²) in [4.78, 5) is 23.6. The third kappa shape index (κ3) is 10.7. The zero-order chi connectivity index (χ0) is 14.5. The summed E-state index contributed by atoms with van der Waals surface area (Å²) in [6.45, 7) is 6.92. The van der Waals surface area contributed by atoms with Gasteiger partial charge in [-0.15, -0.1) is 0 Å². The molecule has 0 aliphatic heterocycles. The first kappa shape index (κ1) is 18.1. The second-order valence-electron chi connectivity index (χ2n) is 5.57. The SMILES string of the molecule is CCCCCCCCC(CC)CN(C=O)CC(C)=O. The molecule has 0 fully saturated rings. The molecule has 0 aromatic heterocycles. The van der Waals surface area contributed by atoms with Crippen molar-refractivity contribution in [2.75, 3.05) is 13.1 Å². The van der Waals surface area contributed by atoms with Crippen molar-refractivity contribution < 1.29 is 9.59 Å². The molecule has 3 nitrogen and oxygen atoms in total. The van der Waals surface area contributed by atoms with E-state index in [0.29, 0.717) is 5.92 Å². The molecular formula is C16H31NO2. The van der Waals surface area contributed by atoms with Gasteiger partial charge in [-0.2, -0.15) is 0 Å². The number of hydrogen-bond donors (Lipinski definition) is 0.